The molecule has 4 heteroatoms. The summed E-state index contributed by atoms with van der Waals surface area (Å²) in [6.45, 7) is 3.19. The van der Waals surface area contributed by atoms with Crippen molar-refractivity contribution >= 4 is 0 Å². The van der Waals surface area contributed by atoms with E-state index in [0.29, 0.717) is 25.2 Å². The van der Waals surface area contributed by atoms with Gasteiger partial charge < -0.3 is 15.3 Å². The number of nitrogens with one attached hydrogen (secondary N) is 1. The summed E-state index contributed by atoms with van der Waals surface area (Å²) in [7, 11) is 3.82. The summed E-state index contributed by atoms with van der Waals surface area (Å²) in [5, 5.41) is 13.1. The predicted molar refractivity (Wildman–Crippen MR) is 67.3 cm³/mol. The zero-order chi connectivity index (χ0) is 12.9. The van der Waals surface area contributed by atoms with E-state index in [1.54, 1.807) is 25.1 Å². The van der Waals surface area contributed by atoms with E-state index in [9.17, 15) is 9.50 Å². The van der Waals surface area contributed by atoms with Gasteiger partial charge in [-0.2, -0.15) is 0 Å². The second-order valence-corrected chi connectivity index (χ2v) is 4.93. The molecule has 3 nitrogen and oxygen atoms in total. The molecule has 0 spiro atoms. The third kappa shape index (κ3) is 5.26. The van der Waals surface area contributed by atoms with Gasteiger partial charge in [-0.3, -0.25) is 0 Å². The van der Waals surface area contributed by atoms with E-state index in [4.69, 9.17) is 0 Å². The van der Waals surface area contributed by atoms with Crippen LogP contribution in [0.25, 0.3) is 0 Å². The van der Waals surface area contributed by atoms with Gasteiger partial charge in [-0.1, -0.05) is 18.2 Å². The monoisotopic (exact) mass is 240 g/mol. The van der Waals surface area contributed by atoms with E-state index in [1.807, 2.05) is 19.0 Å². The predicted octanol–water partition coefficient (Wildman–Crippen LogP) is 1.23. The summed E-state index contributed by atoms with van der Waals surface area (Å²) in [5.41, 5.74) is -0.192. The number of benzene rings is 1. The highest BCUT2D eigenvalue weighted by Crippen LogP contribution is 2.07. The highest BCUT2D eigenvalue weighted by atomic mass is 19.1. The molecule has 1 aromatic rings. The number of hydrogen-bond acceptors (Lipinski definition) is 3. The lowest BCUT2D eigenvalue weighted by molar-refractivity contribution is 0.0335. The van der Waals surface area contributed by atoms with Crippen LogP contribution in [0.2, 0.25) is 0 Å². The Bertz CT molecular complexity index is 353. The van der Waals surface area contributed by atoms with Crippen LogP contribution < -0.4 is 5.32 Å². The molecule has 0 radical (unpaired) electrons. The summed E-state index contributed by atoms with van der Waals surface area (Å²) in [6.07, 6.45) is 0. The first-order chi connectivity index (χ1) is 7.91. The van der Waals surface area contributed by atoms with Crippen LogP contribution in [0.3, 0.4) is 0 Å². The number of nitrogens with zero attached hydrogens (tertiary/aromatic N) is 1. The molecule has 0 bridgehead atoms. The summed E-state index contributed by atoms with van der Waals surface area (Å²) in [4.78, 5) is 1.92. The second-order valence-electron chi connectivity index (χ2n) is 4.93. The summed E-state index contributed by atoms with van der Waals surface area (Å²) in [5.74, 6) is -0.216. The van der Waals surface area contributed by atoms with Gasteiger partial charge in [0.15, 0.2) is 0 Å². The van der Waals surface area contributed by atoms with Crippen LogP contribution in [0.5, 0.6) is 0 Å². The van der Waals surface area contributed by atoms with Crippen molar-refractivity contribution in [2.75, 3.05) is 27.2 Å². The highest BCUT2D eigenvalue weighted by Gasteiger charge is 2.20. The van der Waals surface area contributed by atoms with Crippen molar-refractivity contribution in [1.82, 2.24) is 10.2 Å². The van der Waals surface area contributed by atoms with Gasteiger partial charge in [0.2, 0.25) is 0 Å². The Morgan fingerprint density at radius 3 is 2.59 bits per heavy atom. The molecule has 1 aromatic carbocycles. The Morgan fingerprint density at radius 2 is 2.00 bits per heavy atom. The summed E-state index contributed by atoms with van der Waals surface area (Å²) >= 11 is 0. The average Bonchev–Trinajstić information content (AvgIpc) is 2.18. The molecule has 0 aliphatic carbocycles. The molecule has 1 atom stereocenters. The van der Waals surface area contributed by atoms with Crippen molar-refractivity contribution in [3.8, 4) is 0 Å². The quantitative estimate of drug-likeness (QED) is 0.785. The molecule has 0 saturated heterocycles. The van der Waals surface area contributed by atoms with Crippen molar-refractivity contribution in [3.63, 3.8) is 0 Å². The minimum atomic E-state index is -0.811. The molecule has 1 unspecified atom stereocenters. The Kier molecular flexibility index (Phi) is 5.05. The molecule has 96 valence electrons. The number of aliphatic hydroxyl groups is 1. The van der Waals surface area contributed by atoms with Gasteiger partial charge in [0.1, 0.15) is 5.82 Å². The number of likely N-dealkylation sites (N-methyl/N-ethyl adjacent to an activating group) is 1. The van der Waals surface area contributed by atoms with Crippen molar-refractivity contribution < 1.29 is 9.50 Å². The lowest BCUT2D eigenvalue weighted by Gasteiger charge is -2.27. The fourth-order valence-corrected chi connectivity index (χ4v) is 1.85. The fourth-order valence-electron chi connectivity index (χ4n) is 1.85. The lowest BCUT2D eigenvalue weighted by Crippen LogP contribution is -2.45. The molecule has 0 aromatic heterocycles. The molecule has 1 rings (SSSR count). The minimum Gasteiger partial charge on any atom is -0.388 e. The Labute approximate surface area is 102 Å². The van der Waals surface area contributed by atoms with Crippen molar-refractivity contribution in [3.05, 3.63) is 35.6 Å². The van der Waals surface area contributed by atoms with Crippen molar-refractivity contribution in [2.24, 2.45) is 0 Å². The zero-order valence-electron chi connectivity index (χ0n) is 10.7. The molecular formula is C13H21FN2O. The SMILES string of the molecule is CN(C)CC(C)(O)CNCc1ccccc1F. The lowest BCUT2D eigenvalue weighted by atomic mass is 10.1. The van der Waals surface area contributed by atoms with Gasteiger partial charge in [0, 0.05) is 25.2 Å². The van der Waals surface area contributed by atoms with Gasteiger partial charge in [0.25, 0.3) is 0 Å². The average molecular weight is 240 g/mol. The van der Waals surface area contributed by atoms with E-state index in [1.165, 1.54) is 6.07 Å². The summed E-state index contributed by atoms with van der Waals surface area (Å²) < 4.78 is 13.3. The van der Waals surface area contributed by atoms with Gasteiger partial charge >= 0.3 is 0 Å². The molecule has 0 saturated carbocycles. The number of rotatable bonds is 6. The minimum absolute atomic E-state index is 0.216. The maximum atomic E-state index is 13.3. The Morgan fingerprint density at radius 1 is 1.35 bits per heavy atom. The van der Waals surface area contributed by atoms with Gasteiger partial charge in [-0.15, -0.1) is 0 Å². The van der Waals surface area contributed by atoms with E-state index in [0.717, 1.165) is 0 Å². The largest absolute Gasteiger partial charge is 0.388 e. The third-order valence-electron chi connectivity index (χ3n) is 2.44. The van der Waals surface area contributed by atoms with E-state index in [2.05, 4.69) is 5.32 Å². The first-order valence-corrected chi connectivity index (χ1v) is 5.72. The first-order valence-electron chi connectivity index (χ1n) is 5.72. The van der Waals surface area contributed by atoms with Crippen molar-refractivity contribution in [2.45, 2.75) is 19.1 Å². The van der Waals surface area contributed by atoms with Crippen LogP contribution in [-0.4, -0.2) is 42.8 Å². The van der Waals surface area contributed by atoms with E-state index >= 15 is 0 Å². The molecule has 0 heterocycles. The zero-order valence-corrected chi connectivity index (χ0v) is 10.7. The van der Waals surface area contributed by atoms with Crippen LogP contribution in [0, 0.1) is 5.82 Å². The van der Waals surface area contributed by atoms with Crippen molar-refractivity contribution in [1.29, 1.82) is 0 Å². The normalized spacial score (nSPS) is 14.9. The third-order valence-corrected chi connectivity index (χ3v) is 2.44. The summed E-state index contributed by atoms with van der Waals surface area (Å²) in [6, 6.07) is 6.65. The topological polar surface area (TPSA) is 35.5 Å². The maximum absolute atomic E-state index is 13.3. The Hall–Kier alpha value is -0.970. The second kappa shape index (κ2) is 6.10. The molecule has 0 aliphatic heterocycles. The molecule has 2 N–H and O–H groups in total. The first kappa shape index (κ1) is 14.1. The maximum Gasteiger partial charge on any atom is 0.127 e. The van der Waals surface area contributed by atoms with Gasteiger partial charge in [-0.05, 0) is 27.1 Å². The van der Waals surface area contributed by atoms with Crippen LogP contribution >= 0.6 is 0 Å². The molecule has 17 heavy (non-hydrogen) atoms. The molecule has 0 aliphatic rings. The Balaban J connectivity index is 2.40. The smallest absolute Gasteiger partial charge is 0.127 e. The highest BCUT2D eigenvalue weighted by molar-refractivity contribution is 5.16. The van der Waals surface area contributed by atoms with Gasteiger partial charge in [0.05, 0.1) is 5.60 Å². The van der Waals surface area contributed by atoms with Gasteiger partial charge in [-0.25, -0.2) is 4.39 Å². The van der Waals surface area contributed by atoms with Crippen LogP contribution in [0.1, 0.15) is 12.5 Å². The standard InChI is InChI=1S/C13H21FN2O/c1-13(17,10-16(2)3)9-15-8-11-6-4-5-7-12(11)14/h4-7,15,17H,8-10H2,1-3H3. The number of hydrogen-bond donors (Lipinski definition) is 2. The van der Waals surface area contributed by atoms with Crippen LogP contribution in [-0.2, 0) is 6.54 Å². The molecule has 0 amide bonds. The fraction of sp³-hybridized carbons (Fsp3) is 0.538. The molecular weight excluding hydrogens is 219 g/mol. The van der Waals surface area contributed by atoms with E-state index < -0.39 is 5.60 Å². The van der Waals surface area contributed by atoms with Crippen LogP contribution in [0.4, 0.5) is 4.39 Å². The number of halogens is 1. The van der Waals surface area contributed by atoms with E-state index in [-0.39, 0.29) is 5.82 Å². The molecule has 0 fully saturated rings. The van der Waals surface area contributed by atoms with Crippen LogP contribution in [0.15, 0.2) is 24.3 Å².